The first-order chi connectivity index (χ1) is 10.7. The van der Waals surface area contributed by atoms with Gasteiger partial charge in [0.15, 0.2) is 0 Å². The summed E-state index contributed by atoms with van der Waals surface area (Å²) in [5.74, 6) is 1.73. The zero-order valence-electron chi connectivity index (χ0n) is 12.8. The van der Waals surface area contributed by atoms with Crippen LogP contribution in [0.25, 0.3) is 11.4 Å². The van der Waals surface area contributed by atoms with Crippen molar-refractivity contribution in [2.45, 2.75) is 26.3 Å². The third-order valence-corrected chi connectivity index (χ3v) is 3.52. The van der Waals surface area contributed by atoms with Crippen molar-refractivity contribution < 1.29 is 4.52 Å². The van der Waals surface area contributed by atoms with Gasteiger partial charge in [-0.05, 0) is 23.6 Å². The van der Waals surface area contributed by atoms with Crippen LogP contribution in [0.2, 0.25) is 0 Å². The number of nitrogens with one attached hydrogen (secondary N) is 1. The van der Waals surface area contributed by atoms with Crippen molar-refractivity contribution in [2.24, 2.45) is 0 Å². The lowest BCUT2D eigenvalue weighted by atomic mass is 10.0. The Labute approximate surface area is 130 Å². The molecule has 0 atom stereocenters. The normalized spacial score (nSPS) is 10.9. The molecule has 0 aliphatic rings. The molecule has 0 amide bonds. The minimum atomic E-state index is 0.515. The lowest BCUT2D eigenvalue weighted by molar-refractivity contribution is 0.384. The third kappa shape index (κ3) is 3.34. The first-order valence-electron chi connectivity index (χ1n) is 7.44. The van der Waals surface area contributed by atoms with Crippen molar-refractivity contribution in [3.05, 3.63) is 66.1 Å². The summed E-state index contributed by atoms with van der Waals surface area (Å²) >= 11 is 0. The van der Waals surface area contributed by atoms with Crippen LogP contribution in [0.4, 0.5) is 5.69 Å². The standard InChI is InChI=1S/C18H19N3O/c1-13(2)14-8-10-16(11-9-14)19-12-17-20-18(21-22-17)15-6-4-3-5-7-15/h3-11,13,19H,12H2,1-2H3. The Hall–Kier alpha value is -2.62. The lowest BCUT2D eigenvalue weighted by Gasteiger charge is -2.07. The second-order valence-electron chi connectivity index (χ2n) is 5.51. The van der Waals surface area contributed by atoms with E-state index in [2.05, 4.69) is 53.6 Å². The van der Waals surface area contributed by atoms with E-state index in [1.165, 1.54) is 5.56 Å². The molecule has 0 aliphatic carbocycles. The fraction of sp³-hybridized carbons (Fsp3) is 0.222. The van der Waals surface area contributed by atoms with E-state index >= 15 is 0 Å². The predicted molar refractivity (Wildman–Crippen MR) is 87.6 cm³/mol. The quantitative estimate of drug-likeness (QED) is 0.754. The van der Waals surface area contributed by atoms with Gasteiger partial charge in [0, 0.05) is 11.3 Å². The minimum Gasteiger partial charge on any atom is -0.376 e. The van der Waals surface area contributed by atoms with Gasteiger partial charge in [0.2, 0.25) is 11.7 Å². The van der Waals surface area contributed by atoms with Crippen LogP contribution in [-0.4, -0.2) is 10.1 Å². The molecule has 0 saturated heterocycles. The molecular formula is C18H19N3O. The van der Waals surface area contributed by atoms with Gasteiger partial charge in [-0.3, -0.25) is 0 Å². The van der Waals surface area contributed by atoms with Gasteiger partial charge in [0.1, 0.15) is 0 Å². The molecule has 112 valence electrons. The summed E-state index contributed by atoms with van der Waals surface area (Å²) in [7, 11) is 0. The highest BCUT2D eigenvalue weighted by Crippen LogP contribution is 2.18. The van der Waals surface area contributed by atoms with E-state index in [4.69, 9.17) is 4.52 Å². The molecule has 0 unspecified atom stereocenters. The van der Waals surface area contributed by atoms with E-state index in [0.717, 1.165) is 11.3 Å². The monoisotopic (exact) mass is 293 g/mol. The van der Waals surface area contributed by atoms with Gasteiger partial charge in [-0.15, -0.1) is 0 Å². The average molecular weight is 293 g/mol. The summed E-state index contributed by atoms with van der Waals surface area (Å²) in [4.78, 5) is 4.40. The second-order valence-corrected chi connectivity index (χ2v) is 5.51. The maximum absolute atomic E-state index is 5.28. The van der Waals surface area contributed by atoms with E-state index in [9.17, 15) is 0 Å². The van der Waals surface area contributed by atoms with Gasteiger partial charge in [-0.1, -0.05) is 61.5 Å². The highest BCUT2D eigenvalue weighted by molar-refractivity contribution is 5.53. The summed E-state index contributed by atoms with van der Waals surface area (Å²) in [6.45, 7) is 4.89. The van der Waals surface area contributed by atoms with Gasteiger partial charge in [-0.25, -0.2) is 0 Å². The van der Waals surface area contributed by atoms with Crippen molar-refractivity contribution in [2.75, 3.05) is 5.32 Å². The molecule has 4 heteroatoms. The van der Waals surface area contributed by atoms with Gasteiger partial charge in [0.05, 0.1) is 6.54 Å². The van der Waals surface area contributed by atoms with Crippen LogP contribution in [0.1, 0.15) is 31.2 Å². The molecule has 3 aromatic rings. The van der Waals surface area contributed by atoms with Crippen LogP contribution in [0.5, 0.6) is 0 Å². The molecule has 0 spiro atoms. The molecule has 1 N–H and O–H groups in total. The summed E-state index contributed by atoms with van der Waals surface area (Å²) in [5, 5.41) is 7.31. The number of nitrogens with zero attached hydrogens (tertiary/aromatic N) is 2. The first-order valence-corrected chi connectivity index (χ1v) is 7.44. The number of anilines is 1. The molecule has 0 bridgehead atoms. The average Bonchev–Trinajstić information content (AvgIpc) is 3.03. The van der Waals surface area contributed by atoms with Crippen molar-refractivity contribution in [1.29, 1.82) is 0 Å². The number of hydrogen-bond acceptors (Lipinski definition) is 4. The number of hydrogen-bond donors (Lipinski definition) is 1. The van der Waals surface area contributed by atoms with E-state index < -0.39 is 0 Å². The Bertz CT molecular complexity index is 718. The molecule has 4 nitrogen and oxygen atoms in total. The first kappa shape index (κ1) is 14.3. The third-order valence-electron chi connectivity index (χ3n) is 3.52. The number of aromatic nitrogens is 2. The zero-order valence-corrected chi connectivity index (χ0v) is 12.8. The Kier molecular flexibility index (Phi) is 4.19. The number of benzene rings is 2. The largest absolute Gasteiger partial charge is 0.376 e. The Morgan fingerprint density at radius 3 is 2.41 bits per heavy atom. The van der Waals surface area contributed by atoms with Crippen LogP contribution >= 0.6 is 0 Å². The zero-order chi connectivity index (χ0) is 15.4. The van der Waals surface area contributed by atoms with Crippen LogP contribution < -0.4 is 5.32 Å². The Balaban J connectivity index is 1.63. The van der Waals surface area contributed by atoms with E-state index in [-0.39, 0.29) is 0 Å². The van der Waals surface area contributed by atoms with E-state index in [1.54, 1.807) is 0 Å². The Morgan fingerprint density at radius 2 is 1.73 bits per heavy atom. The van der Waals surface area contributed by atoms with Crippen molar-refractivity contribution in [3.8, 4) is 11.4 Å². The molecule has 0 radical (unpaired) electrons. The molecule has 0 fully saturated rings. The highest BCUT2D eigenvalue weighted by atomic mass is 16.5. The highest BCUT2D eigenvalue weighted by Gasteiger charge is 2.08. The summed E-state index contributed by atoms with van der Waals surface area (Å²) in [6, 6.07) is 18.2. The molecule has 22 heavy (non-hydrogen) atoms. The fourth-order valence-electron chi connectivity index (χ4n) is 2.19. The molecular weight excluding hydrogens is 274 g/mol. The van der Waals surface area contributed by atoms with Crippen LogP contribution in [-0.2, 0) is 6.54 Å². The van der Waals surface area contributed by atoms with Crippen molar-refractivity contribution in [3.63, 3.8) is 0 Å². The van der Waals surface area contributed by atoms with Crippen molar-refractivity contribution in [1.82, 2.24) is 10.1 Å². The number of rotatable bonds is 5. The van der Waals surface area contributed by atoms with Gasteiger partial charge < -0.3 is 9.84 Å². The molecule has 2 aromatic carbocycles. The van der Waals surface area contributed by atoms with Crippen LogP contribution in [0.3, 0.4) is 0 Å². The molecule has 3 rings (SSSR count). The summed E-state index contributed by atoms with van der Waals surface area (Å²) in [6.07, 6.45) is 0. The smallest absolute Gasteiger partial charge is 0.246 e. The van der Waals surface area contributed by atoms with Crippen molar-refractivity contribution >= 4 is 5.69 Å². The SMILES string of the molecule is CC(C)c1ccc(NCc2nc(-c3ccccc3)no2)cc1. The summed E-state index contributed by atoms with van der Waals surface area (Å²) < 4.78 is 5.28. The lowest BCUT2D eigenvalue weighted by Crippen LogP contribution is -2.00. The maximum Gasteiger partial charge on any atom is 0.246 e. The second kappa shape index (κ2) is 6.43. The Morgan fingerprint density at radius 1 is 1.00 bits per heavy atom. The van der Waals surface area contributed by atoms with Gasteiger partial charge >= 0.3 is 0 Å². The molecule has 0 saturated carbocycles. The van der Waals surface area contributed by atoms with E-state index in [0.29, 0.717) is 24.2 Å². The molecule has 1 aromatic heterocycles. The summed E-state index contributed by atoms with van der Waals surface area (Å²) in [5.41, 5.74) is 3.33. The minimum absolute atomic E-state index is 0.515. The fourth-order valence-corrected chi connectivity index (χ4v) is 2.19. The molecule has 1 heterocycles. The van der Waals surface area contributed by atoms with E-state index in [1.807, 2.05) is 30.3 Å². The van der Waals surface area contributed by atoms with Crippen LogP contribution in [0, 0.1) is 0 Å². The van der Waals surface area contributed by atoms with Gasteiger partial charge in [0.25, 0.3) is 0 Å². The van der Waals surface area contributed by atoms with Crippen LogP contribution in [0.15, 0.2) is 59.1 Å². The van der Waals surface area contributed by atoms with Gasteiger partial charge in [-0.2, -0.15) is 4.98 Å². The maximum atomic E-state index is 5.28. The predicted octanol–water partition coefficient (Wildman–Crippen LogP) is 4.47. The molecule has 0 aliphatic heterocycles. The topological polar surface area (TPSA) is 51.0 Å².